The third kappa shape index (κ3) is 3.36. The zero-order chi connectivity index (χ0) is 15.5. The highest BCUT2D eigenvalue weighted by molar-refractivity contribution is 5.83. The first-order chi connectivity index (χ1) is 9.96. The first-order valence-electron chi connectivity index (χ1n) is 7.51. The maximum Gasteiger partial charge on any atom is 0.240 e. The van der Waals surface area contributed by atoms with E-state index >= 15 is 0 Å². The highest BCUT2D eigenvalue weighted by Crippen LogP contribution is 2.26. The van der Waals surface area contributed by atoms with E-state index in [2.05, 4.69) is 28.4 Å². The van der Waals surface area contributed by atoms with Crippen LogP contribution in [0.25, 0.3) is 0 Å². The minimum absolute atomic E-state index is 0.0695. The Morgan fingerprint density at radius 3 is 2.86 bits per heavy atom. The van der Waals surface area contributed by atoms with Crippen LogP contribution in [0.2, 0.25) is 0 Å². The molecule has 4 heteroatoms. The molecule has 0 saturated carbocycles. The highest BCUT2D eigenvalue weighted by atomic mass is 16.2. The Morgan fingerprint density at radius 2 is 2.19 bits per heavy atom. The van der Waals surface area contributed by atoms with Gasteiger partial charge in [0.05, 0.1) is 12.6 Å². The van der Waals surface area contributed by atoms with Crippen LogP contribution in [0.15, 0.2) is 24.3 Å². The number of carbonyl (C=O) groups excluding carboxylic acids is 1. The molecule has 112 valence electrons. The number of nitriles is 1. The molecule has 1 aliphatic rings. The van der Waals surface area contributed by atoms with E-state index in [-0.39, 0.29) is 11.8 Å². The second-order valence-electron chi connectivity index (χ2n) is 6.17. The molecule has 1 aromatic carbocycles. The number of hydrogen-bond acceptors (Lipinski definition) is 3. The van der Waals surface area contributed by atoms with Crippen LogP contribution in [0, 0.1) is 17.2 Å². The first kappa shape index (κ1) is 15.4. The van der Waals surface area contributed by atoms with Crippen LogP contribution >= 0.6 is 0 Å². The largest absolute Gasteiger partial charge is 0.362 e. The molecule has 2 rings (SSSR count). The standard InChI is InChI=1S/C17H23N3O/c1-13(2)17(3,12-18)19-16(21)11-20-10-6-8-14-7-4-5-9-15(14)20/h4-5,7,9,13H,6,8,10-11H2,1-3H3,(H,19,21)/t17-/m0/s1. The number of fused-ring (bicyclic) bond motifs is 1. The molecule has 1 amide bonds. The maximum absolute atomic E-state index is 12.3. The Labute approximate surface area is 126 Å². The lowest BCUT2D eigenvalue weighted by atomic mass is 9.90. The zero-order valence-electron chi connectivity index (χ0n) is 13.0. The summed E-state index contributed by atoms with van der Waals surface area (Å²) in [4.78, 5) is 14.4. The van der Waals surface area contributed by atoms with Crippen LogP contribution in [0.5, 0.6) is 0 Å². The quantitative estimate of drug-likeness (QED) is 0.924. The Hall–Kier alpha value is -2.02. The summed E-state index contributed by atoms with van der Waals surface area (Å²) in [5.41, 5.74) is 1.62. The monoisotopic (exact) mass is 285 g/mol. The van der Waals surface area contributed by atoms with E-state index in [0.29, 0.717) is 6.54 Å². The molecule has 4 nitrogen and oxygen atoms in total. The third-order valence-corrected chi connectivity index (χ3v) is 4.33. The van der Waals surface area contributed by atoms with Gasteiger partial charge in [0.25, 0.3) is 0 Å². The lowest BCUT2D eigenvalue weighted by molar-refractivity contribution is -0.121. The molecule has 1 N–H and O–H groups in total. The summed E-state index contributed by atoms with van der Waals surface area (Å²) in [6, 6.07) is 10.4. The van der Waals surface area contributed by atoms with Gasteiger partial charge in [0, 0.05) is 12.2 Å². The van der Waals surface area contributed by atoms with Crippen molar-refractivity contribution in [2.45, 2.75) is 39.2 Å². The Bertz CT molecular complexity index is 561. The number of benzene rings is 1. The molecule has 1 aromatic rings. The summed E-state index contributed by atoms with van der Waals surface area (Å²) in [6.45, 7) is 6.86. The number of anilines is 1. The fraction of sp³-hybridized carbons (Fsp3) is 0.529. The van der Waals surface area contributed by atoms with Crippen molar-refractivity contribution in [1.29, 1.82) is 5.26 Å². The van der Waals surface area contributed by atoms with Gasteiger partial charge in [-0.25, -0.2) is 0 Å². The molecule has 1 aliphatic heterocycles. The molecule has 0 radical (unpaired) electrons. The van der Waals surface area contributed by atoms with Gasteiger partial charge >= 0.3 is 0 Å². The molecule has 0 unspecified atom stereocenters. The summed E-state index contributed by atoms with van der Waals surface area (Å²) < 4.78 is 0. The second kappa shape index (κ2) is 6.17. The Morgan fingerprint density at radius 1 is 1.48 bits per heavy atom. The molecule has 1 atom stereocenters. The Balaban J connectivity index is 2.07. The zero-order valence-corrected chi connectivity index (χ0v) is 13.0. The van der Waals surface area contributed by atoms with Crippen molar-refractivity contribution in [3.05, 3.63) is 29.8 Å². The number of carbonyl (C=O) groups is 1. The van der Waals surface area contributed by atoms with Crippen LogP contribution in [-0.2, 0) is 11.2 Å². The average molecular weight is 285 g/mol. The number of hydrogen-bond donors (Lipinski definition) is 1. The Kier molecular flexibility index (Phi) is 4.52. The summed E-state index contributed by atoms with van der Waals surface area (Å²) in [6.07, 6.45) is 2.13. The van der Waals surface area contributed by atoms with Crippen molar-refractivity contribution in [3.63, 3.8) is 0 Å². The van der Waals surface area contributed by atoms with Gasteiger partial charge in [-0.2, -0.15) is 5.26 Å². The molecular formula is C17H23N3O. The summed E-state index contributed by atoms with van der Waals surface area (Å²) in [5, 5.41) is 12.2. The first-order valence-corrected chi connectivity index (χ1v) is 7.51. The lowest BCUT2D eigenvalue weighted by Gasteiger charge is -2.33. The number of para-hydroxylation sites is 1. The van der Waals surface area contributed by atoms with Gasteiger partial charge in [0.1, 0.15) is 5.54 Å². The summed E-state index contributed by atoms with van der Waals surface area (Å²) in [5.74, 6) is -0.0236. The predicted octanol–water partition coefficient (Wildman–Crippen LogP) is 2.49. The molecule has 0 aliphatic carbocycles. The van der Waals surface area contributed by atoms with Crippen LogP contribution in [-0.4, -0.2) is 24.5 Å². The topological polar surface area (TPSA) is 56.1 Å². The van der Waals surface area contributed by atoms with Crippen LogP contribution in [0.4, 0.5) is 5.69 Å². The minimum atomic E-state index is -0.813. The van der Waals surface area contributed by atoms with E-state index in [1.54, 1.807) is 6.92 Å². The van der Waals surface area contributed by atoms with E-state index in [9.17, 15) is 10.1 Å². The normalized spacial score (nSPS) is 16.8. The highest BCUT2D eigenvalue weighted by Gasteiger charge is 2.30. The molecule has 21 heavy (non-hydrogen) atoms. The molecule has 0 bridgehead atoms. The smallest absolute Gasteiger partial charge is 0.240 e. The van der Waals surface area contributed by atoms with E-state index in [0.717, 1.165) is 25.1 Å². The third-order valence-electron chi connectivity index (χ3n) is 4.33. The van der Waals surface area contributed by atoms with Gasteiger partial charge in [-0.1, -0.05) is 32.0 Å². The molecule has 0 aromatic heterocycles. The number of aryl methyl sites for hydroxylation is 1. The molecular weight excluding hydrogens is 262 g/mol. The molecule has 0 spiro atoms. The second-order valence-corrected chi connectivity index (χ2v) is 6.17. The number of nitrogens with one attached hydrogen (secondary N) is 1. The van der Waals surface area contributed by atoms with Gasteiger partial charge < -0.3 is 10.2 Å². The number of amides is 1. The maximum atomic E-state index is 12.3. The summed E-state index contributed by atoms with van der Waals surface area (Å²) in [7, 11) is 0. The van der Waals surface area contributed by atoms with Crippen molar-refractivity contribution in [3.8, 4) is 6.07 Å². The van der Waals surface area contributed by atoms with Gasteiger partial charge in [-0.05, 0) is 37.3 Å². The van der Waals surface area contributed by atoms with E-state index < -0.39 is 5.54 Å². The van der Waals surface area contributed by atoms with Crippen LogP contribution in [0.1, 0.15) is 32.8 Å². The molecule has 0 fully saturated rings. The average Bonchev–Trinajstić information content (AvgIpc) is 2.47. The van der Waals surface area contributed by atoms with E-state index in [1.807, 2.05) is 26.0 Å². The van der Waals surface area contributed by atoms with E-state index in [1.165, 1.54) is 5.56 Å². The predicted molar refractivity (Wildman–Crippen MR) is 84.0 cm³/mol. The van der Waals surface area contributed by atoms with Crippen LogP contribution in [0.3, 0.4) is 0 Å². The van der Waals surface area contributed by atoms with Crippen molar-refractivity contribution >= 4 is 11.6 Å². The van der Waals surface area contributed by atoms with Crippen molar-refractivity contribution < 1.29 is 4.79 Å². The number of rotatable bonds is 4. The van der Waals surface area contributed by atoms with Crippen molar-refractivity contribution in [2.24, 2.45) is 5.92 Å². The lowest BCUT2D eigenvalue weighted by Crippen LogP contribution is -2.52. The van der Waals surface area contributed by atoms with Gasteiger partial charge in [0.2, 0.25) is 5.91 Å². The fourth-order valence-electron chi connectivity index (χ4n) is 2.58. The van der Waals surface area contributed by atoms with Gasteiger partial charge in [-0.15, -0.1) is 0 Å². The van der Waals surface area contributed by atoms with Crippen molar-refractivity contribution in [1.82, 2.24) is 5.32 Å². The summed E-state index contributed by atoms with van der Waals surface area (Å²) >= 11 is 0. The van der Waals surface area contributed by atoms with Gasteiger partial charge in [-0.3, -0.25) is 4.79 Å². The van der Waals surface area contributed by atoms with Gasteiger partial charge in [0.15, 0.2) is 0 Å². The molecule has 0 saturated heterocycles. The van der Waals surface area contributed by atoms with Crippen LogP contribution < -0.4 is 10.2 Å². The minimum Gasteiger partial charge on any atom is -0.362 e. The number of nitrogens with zero attached hydrogens (tertiary/aromatic N) is 2. The SMILES string of the molecule is CC(C)[C@](C)(C#N)NC(=O)CN1CCCc2ccccc21. The van der Waals surface area contributed by atoms with E-state index in [4.69, 9.17) is 0 Å². The fourth-order valence-corrected chi connectivity index (χ4v) is 2.58. The molecule has 1 heterocycles. The van der Waals surface area contributed by atoms with Crippen molar-refractivity contribution in [2.75, 3.05) is 18.0 Å².